The first-order chi connectivity index (χ1) is 12.5. The molecule has 2 rings (SSSR count). The summed E-state index contributed by atoms with van der Waals surface area (Å²) in [5.74, 6) is 0. The van der Waals surface area contributed by atoms with Gasteiger partial charge in [-0.3, -0.25) is 5.32 Å². The first-order valence-electron chi connectivity index (χ1n) is 8.00. The summed E-state index contributed by atoms with van der Waals surface area (Å²) in [4.78, 5) is 23.1. The third-order valence-electron chi connectivity index (χ3n) is 3.73. The Balaban J connectivity index is 1.82. The van der Waals surface area contributed by atoms with Crippen LogP contribution in [-0.2, 0) is 11.3 Å². The highest BCUT2D eigenvalue weighted by Gasteiger charge is 2.09. The van der Waals surface area contributed by atoms with Gasteiger partial charge < -0.3 is 15.4 Å². The summed E-state index contributed by atoms with van der Waals surface area (Å²) in [5.41, 5.74) is 2.99. The molecule has 0 heterocycles. The first-order valence-corrected chi connectivity index (χ1v) is 8.00. The maximum absolute atomic E-state index is 12.0. The predicted octanol–water partition coefficient (Wildman–Crippen LogP) is 3.30. The van der Waals surface area contributed by atoms with Gasteiger partial charge >= 0.3 is 12.1 Å². The van der Waals surface area contributed by atoms with Crippen LogP contribution in [0.15, 0.2) is 48.5 Å². The molecule has 26 heavy (non-hydrogen) atoms. The molecule has 0 saturated carbocycles. The molecule has 1 atom stereocenters. The van der Waals surface area contributed by atoms with Crippen LogP contribution >= 0.6 is 0 Å². The van der Waals surface area contributed by atoms with Crippen molar-refractivity contribution in [1.29, 1.82) is 5.26 Å². The molecule has 3 amide bonds. The van der Waals surface area contributed by atoms with Gasteiger partial charge in [0.15, 0.2) is 0 Å². The molecule has 0 bridgehead atoms. The lowest BCUT2D eigenvalue weighted by atomic mass is 10.1. The number of urea groups is 1. The van der Waals surface area contributed by atoms with Gasteiger partial charge in [-0.2, -0.15) is 5.26 Å². The number of hydrogen-bond acceptors (Lipinski definition) is 4. The zero-order chi connectivity index (χ0) is 18.9. The van der Waals surface area contributed by atoms with Gasteiger partial charge in [-0.1, -0.05) is 24.3 Å². The van der Waals surface area contributed by atoms with E-state index in [9.17, 15) is 9.59 Å². The highest BCUT2D eigenvalue weighted by atomic mass is 16.5. The molecule has 0 saturated heterocycles. The smallest absolute Gasteiger partial charge is 0.411 e. The van der Waals surface area contributed by atoms with Gasteiger partial charge in [-0.05, 0) is 42.3 Å². The van der Waals surface area contributed by atoms with Crippen LogP contribution < -0.4 is 16.0 Å². The van der Waals surface area contributed by atoms with Crippen LogP contribution in [0.3, 0.4) is 0 Å². The molecule has 2 aromatic carbocycles. The molecule has 134 valence electrons. The van der Waals surface area contributed by atoms with Crippen LogP contribution in [0.2, 0.25) is 0 Å². The Bertz CT molecular complexity index is 795. The van der Waals surface area contributed by atoms with Gasteiger partial charge in [0.2, 0.25) is 0 Å². The van der Waals surface area contributed by atoms with Crippen molar-refractivity contribution in [1.82, 2.24) is 10.6 Å². The van der Waals surface area contributed by atoms with Crippen LogP contribution in [0.5, 0.6) is 0 Å². The van der Waals surface area contributed by atoms with Crippen molar-refractivity contribution in [3.05, 3.63) is 65.2 Å². The monoisotopic (exact) mass is 352 g/mol. The molecule has 7 heteroatoms. The molecule has 0 aliphatic carbocycles. The Morgan fingerprint density at radius 2 is 1.77 bits per heavy atom. The molecule has 0 spiro atoms. The Morgan fingerprint density at radius 3 is 2.35 bits per heavy atom. The van der Waals surface area contributed by atoms with Crippen molar-refractivity contribution in [3.63, 3.8) is 0 Å². The van der Waals surface area contributed by atoms with Gasteiger partial charge in [0.25, 0.3) is 0 Å². The van der Waals surface area contributed by atoms with Crippen LogP contribution in [-0.4, -0.2) is 19.2 Å². The largest absolute Gasteiger partial charge is 0.453 e. The second-order valence-corrected chi connectivity index (χ2v) is 5.60. The molecule has 2 aromatic rings. The van der Waals surface area contributed by atoms with Crippen molar-refractivity contribution >= 4 is 17.8 Å². The lowest BCUT2D eigenvalue weighted by Crippen LogP contribution is -2.36. The van der Waals surface area contributed by atoms with E-state index in [0.29, 0.717) is 17.8 Å². The molecule has 0 radical (unpaired) electrons. The summed E-state index contributed by atoms with van der Waals surface area (Å²) in [5, 5.41) is 17.0. The number of hydrogen-bond donors (Lipinski definition) is 3. The molecule has 0 aliphatic rings. The summed E-state index contributed by atoms with van der Waals surface area (Å²) in [6.07, 6.45) is -0.535. The second kappa shape index (κ2) is 9.08. The van der Waals surface area contributed by atoms with Gasteiger partial charge in [0.1, 0.15) is 0 Å². The highest BCUT2D eigenvalue weighted by molar-refractivity contribution is 5.84. The molecule has 0 fully saturated rings. The van der Waals surface area contributed by atoms with Crippen molar-refractivity contribution < 1.29 is 14.3 Å². The zero-order valence-corrected chi connectivity index (χ0v) is 14.6. The van der Waals surface area contributed by atoms with E-state index in [0.717, 1.165) is 11.1 Å². The molecule has 0 aliphatic heterocycles. The van der Waals surface area contributed by atoms with E-state index < -0.39 is 6.09 Å². The number of benzene rings is 2. The van der Waals surface area contributed by atoms with Gasteiger partial charge in [0.05, 0.1) is 24.8 Å². The van der Waals surface area contributed by atoms with Crippen LogP contribution in [0.25, 0.3) is 0 Å². The first kappa shape index (κ1) is 18.8. The Morgan fingerprint density at radius 1 is 1.12 bits per heavy atom. The average Bonchev–Trinajstić information content (AvgIpc) is 2.67. The topological polar surface area (TPSA) is 103 Å². The number of carbonyl (C=O) groups excluding carboxylic acids is 2. The minimum absolute atomic E-state index is 0.186. The molecular weight excluding hydrogens is 332 g/mol. The van der Waals surface area contributed by atoms with Gasteiger partial charge in [0, 0.05) is 12.2 Å². The van der Waals surface area contributed by atoms with Gasteiger partial charge in [-0.25, -0.2) is 9.59 Å². The summed E-state index contributed by atoms with van der Waals surface area (Å²) in [7, 11) is 1.30. The van der Waals surface area contributed by atoms with E-state index in [4.69, 9.17) is 5.26 Å². The number of nitrogens with zero attached hydrogens (tertiary/aromatic N) is 1. The lowest BCUT2D eigenvalue weighted by molar-refractivity contribution is 0.187. The quantitative estimate of drug-likeness (QED) is 0.768. The molecule has 3 N–H and O–H groups in total. The maximum Gasteiger partial charge on any atom is 0.411 e. The molecule has 1 unspecified atom stereocenters. The Labute approximate surface area is 152 Å². The number of carbonyl (C=O) groups is 2. The number of methoxy groups -OCH3 is 1. The fourth-order valence-corrected chi connectivity index (χ4v) is 2.23. The normalized spacial score (nSPS) is 11.0. The molecule has 0 aromatic heterocycles. The van der Waals surface area contributed by atoms with Crippen LogP contribution in [0.1, 0.15) is 29.7 Å². The molecule has 7 nitrogen and oxygen atoms in total. The fraction of sp³-hybridized carbons (Fsp3) is 0.211. The van der Waals surface area contributed by atoms with Crippen molar-refractivity contribution in [2.75, 3.05) is 12.4 Å². The number of nitrogens with one attached hydrogen (secondary N) is 3. The van der Waals surface area contributed by atoms with Crippen LogP contribution in [0.4, 0.5) is 15.3 Å². The standard InChI is InChI=1S/C19H20N4O3/c1-13(16-7-3-14(11-20)4-8-16)22-18(24)21-12-15-5-9-17(10-6-15)23-19(25)26-2/h3-10,13H,12H2,1-2H3,(H,23,25)(H2,21,22,24). The Hall–Kier alpha value is -3.53. The summed E-state index contributed by atoms with van der Waals surface area (Å²) < 4.78 is 4.52. The number of rotatable bonds is 5. The summed E-state index contributed by atoms with van der Waals surface area (Å²) in [6, 6.07) is 15.7. The number of amides is 3. The third kappa shape index (κ3) is 5.53. The minimum atomic E-state index is -0.535. The van der Waals surface area contributed by atoms with Crippen molar-refractivity contribution in [2.24, 2.45) is 0 Å². The fourth-order valence-electron chi connectivity index (χ4n) is 2.23. The number of nitriles is 1. The van der Waals surface area contributed by atoms with E-state index in [-0.39, 0.29) is 12.1 Å². The highest BCUT2D eigenvalue weighted by Crippen LogP contribution is 2.13. The van der Waals surface area contributed by atoms with E-state index in [1.165, 1.54) is 7.11 Å². The maximum atomic E-state index is 12.0. The minimum Gasteiger partial charge on any atom is -0.453 e. The summed E-state index contributed by atoms with van der Waals surface area (Å²) in [6.45, 7) is 2.22. The lowest BCUT2D eigenvalue weighted by Gasteiger charge is -2.15. The van der Waals surface area contributed by atoms with Crippen LogP contribution in [0, 0.1) is 11.3 Å². The molecular formula is C19H20N4O3. The van der Waals surface area contributed by atoms with E-state index in [2.05, 4.69) is 26.8 Å². The van der Waals surface area contributed by atoms with E-state index in [1.54, 1.807) is 36.4 Å². The zero-order valence-electron chi connectivity index (χ0n) is 14.6. The van der Waals surface area contributed by atoms with Crippen molar-refractivity contribution in [3.8, 4) is 6.07 Å². The average molecular weight is 352 g/mol. The second-order valence-electron chi connectivity index (χ2n) is 5.60. The van der Waals surface area contributed by atoms with E-state index in [1.807, 2.05) is 19.1 Å². The number of anilines is 1. The summed E-state index contributed by atoms with van der Waals surface area (Å²) >= 11 is 0. The van der Waals surface area contributed by atoms with Crippen molar-refractivity contribution in [2.45, 2.75) is 19.5 Å². The Kier molecular flexibility index (Phi) is 6.57. The van der Waals surface area contributed by atoms with E-state index >= 15 is 0 Å². The van der Waals surface area contributed by atoms with Gasteiger partial charge in [-0.15, -0.1) is 0 Å². The number of ether oxygens (including phenoxy) is 1. The SMILES string of the molecule is COC(=O)Nc1ccc(CNC(=O)NC(C)c2ccc(C#N)cc2)cc1. The predicted molar refractivity (Wildman–Crippen MR) is 97.4 cm³/mol. The third-order valence-corrected chi connectivity index (χ3v) is 3.73.